The molecule has 2 aromatic rings. The highest BCUT2D eigenvalue weighted by Gasteiger charge is 2.14. The lowest BCUT2D eigenvalue weighted by Gasteiger charge is -2.15. The number of nitrogens with zero attached hydrogens (tertiary/aromatic N) is 1. The summed E-state index contributed by atoms with van der Waals surface area (Å²) >= 11 is 8.15. The number of halogens is 1. The maximum absolute atomic E-state index is 12.2. The molecule has 0 unspecified atom stereocenters. The fourth-order valence-corrected chi connectivity index (χ4v) is 2.90. The fourth-order valence-electron chi connectivity index (χ4n) is 2.27. The SMILES string of the molecule is CCOc1cc(C=NNC(N)=S)cc(Br)c1OCC(=O)Nc1ccccc1C. The number of carbonyl (C=O) groups excluding carboxylic acids is 1. The Morgan fingerprint density at radius 1 is 1.32 bits per heavy atom. The van der Waals surface area contributed by atoms with Crippen LogP contribution < -0.4 is 25.9 Å². The molecule has 148 valence electrons. The highest BCUT2D eigenvalue weighted by atomic mass is 79.9. The number of aryl methyl sites for hydroxylation is 1. The number of amides is 1. The average molecular weight is 465 g/mol. The van der Waals surface area contributed by atoms with Gasteiger partial charge in [-0.3, -0.25) is 10.2 Å². The van der Waals surface area contributed by atoms with Gasteiger partial charge in [-0.2, -0.15) is 5.10 Å². The highest BCUT2D eigenvalue weighted by molar-refractivity contribution is 9.10. The smallest absolute Gasteiger partial charge is 0.262 e. The van der Waals surface area contributed by atoms with Gasteiger partial charge in [0, 0.05) is 5.69 Å². The lowest BCUT2D eigenvalue weighted by molar-refractivity contribution is -0.118. The Morgan fingerprint density at radius 3 is 2.75 bits per heavy atom. The Hall–Kier alpha value is -2.65. The number of carbonyl (C=O) groups is 1. The number of hydrogen-bond donors (Lipinski definition) is 3. The Kier molecular flexibility index (Phi) is 8.21. The first kappa shape index (κ1) is 21.6. The van der Waals surface area contributed by atoms with Crippen molar-refractivity contribution in [1.29, 1.82) is 0 Å². The van der Waals surface area contributed by atoms with Crippen LogP contribution in [0.25, 0.3) is 0 Å². The van der Waals surface area contributed by atoms with Crippen molar-refractivity contribution in [2.75, 3.05) is 18.5 Å². The van der Waals surface area contributed by atoms with Crippen molar-refractivity contribution in [3.63, 3.8) is 0 Å². The van der Waals surface area contributed by atoms with Crippen LogP contribution in [0.1, 0.15) is 18.1 Å². The van der Waals surface area contributed by atoms with Crippen molar-refractivity contribution in [3.8, 4) is 11.5 Å². The maximum atomic E-state index is 12.2. The van der Waals surface area contributed by atoms with E-state index < -0.39 is 0 Å². The zero-order valence-corrected chi connectivity index (χ0v) is 17.9. The quantitative estimate of drug-likeness (QED) is 0.314. The predicted molar refractivity (Wildman–Crippen MR) is 118 cm³/mol. The molecule has 4 N–H and O–H groups in total. The molecule has 7 nitrogen and oxygen atoms in total. The molecule has 0 spiro atoms. The number of nitrogens with one attached hydrogen (secondary N) is 2. The minimum atomic E-state index is -0.269. The molecule has 2 aromatic carbocycles. The molecule has 28 heavy (non-hydrogen) atoms. The van der Waals surface area contributed by atoms with Crippen molar-refractivity contribution < 1.29 is 14.3 Å². The predicted octanol–water partition coefficient (Wildman–Crippen LogP) is 3.34. The van der Waals surface area contributed by atoms with Crippen LogP contribution in [0, 0.1) is 6.92 Å². The van der Waals surface area contributed by atoms with Gasteiger partial charge in [-0.05, 0) is 71.3 Å². The second-order valence-electron chi connectivity index (χ2n) is 5.65. The molecular formula is C19H21BrN4O3S. The number of anilines is 1. The maximum Gasteiger partial charge on any atom is 0.262 e. The van der Waals surface area contributed by atoms with Crippen LogP contribution in [0.2, 0.25) is 0 Å². The lowest BCUT2D eigenvalue weighted by atomic mass is 10.2. The van der Waals surface area contributed by atoms with E-state index in [0.29, 0.717) is 22.6 Å². The summed E-state index contributed by atoms with van der Waals surface area (Å²) in [5, 5.41) is 6.82. The van der Waals surface area contributed by atoms with Gasteiger partial charge in [-0.1, -0.05) is 18.2 Å². The molecule has 0 aliphatic rings. The normalized spacial score (nSPS) is 10.5. The van der Waals surface area contributed by atoms with Gasteiger partial charge in [0.1, 0.15) is 0 Å². The van der Waals surface area contributed by atoms with E-state index in [4.69, 9.17) is 27.4 Å². The Bertz CT molecular complexity index is 889. The van der Waals surface area contributed by atoms with Crippen LogP contribution >= 0.6 is 28.1 Å². The fraction of sp³-hybridized carbons (Fsp3) is 0.211. The van der Waals surface area contributed by atoms with Crippen LogP contribution in [-0.4, -0.2) is 30.4 Å². The standard InChI is InChI=1S/C19H21BrN4O3S/c1-3-26-16-9-13(10-22-24-19(21)28)8-14(20)18(16)27-11-17(25)23-15-7-5-4-6-12(15)2/h4-10H,3,11H2,1-2H3,(H,23,25)(H3,21,24,28). The van der Waals surface area contributed by atoms with Gasteiger partial charge >= 0.3 is 0 Å². The van der Waals surface area contributed by atoms with E-state index in [9.17, 15) is 4.79 Å². The first-order chi connectivity index (χ1) is 13.4. The third-order valence-corrected chi connectivity index (χ3v) is 4.17. The van der Waals surface area contributed by atoms with E-state index in [-0.39, 0.29) is 17.6 Å². The summed E-state index contributed by atoms with van der Waals surface area (Å²) in [5.41, 5.74) is 10.3. The third-order valence-electron chi connectivity index (χ3n) is 3.49. The second kappa shape index (κ2) is 10.6. The largest absolute Gasteiger partial charge is 0.490 e. The number of ether oxygens (including phenoxy) is 2. The second-order valence-corrected chi connectivity index (χ2v) is 6.94. The van der Waals surface area contributed by atoms with Crippen LogP contribution in [-0.2, 0) is 4.79 Å². The van der Waals surface area contributed by atoms with Crippen molar-refractivity contribution >= 4 is 51.1 Å². The molecule has 0 saturated carbocycles. The van der Waals surface area contributed by atoms with E-state index in [1.54, 1.807) is 18.3 Å². The zero-order valence-electron chi connectivity index (χ0n) is 15.5. The highest BCUT2D eigenvalue weighted by Crippen LogP contribution is 2.36. The van der Waals surface area contributed by atoms with Gasteiger partial charge in [0.25, 0.3) is 5.91 Å². The topological polar surface area (TPSA) is 98.0 Å². The number of nitrogens with two attached hydrogens (primary N) is 1. The summed E-state index contributed by atoms with van der Waals surface area (Å²) in [6, 6.07) is 11.1. The van der Waals surface area contributed by atoms with Crippen molar-refractivity contribution in [2.24, 2.45) is 10.8 Å². The monoisotopic (exact) mass is 464 g/mol. The summed E-state index contributed by atoms with van der Waals surface area (Å²) < 4.78 is 12.0. The van der Waals surface area contributed by atoms with Gasteiger partial charge in [-0.25, -0.2) is 0 Å². The minimum Gasteiger partial charge on any atom is -0.490 e. The van der Waals surface area contributed by atoms with E-state index >= 15 is 0 Å². The number of rotatable bonds is 8. The molecule has 0 saturated heterocycles. The summed E-state index contributed by atoms with van der Waals surface area (Å²) in [5.74, 6) is 0.647. The molecule has 0 aliphatic carbocycles. The van der Waals surface area contributed by atoms with E-state index in [1.165, 1.54) is 0 Å². The minimum absolute atomic E-state index is 0.0694. The summed E-state index contributed by atoms with van der Waals surface area (Å²) in [7, 11) is 0. The molecular weight excluding hydrogens is 444 g/mol. The number of hydrogen-bond acceptors (Lipinski definition) is 5. The molecule has 1 amide bonds. The van der Waals surface area contributed by atoms with Crippen molar-refractivity contribution in [2.45, 2.75) is 13.8 Å². The van der Waals surface area contributed by atoms with Gasteiger partial charge in [0.05, 0.1) is 17.3 Å². The summed E-state index contributed by atoms with van der Waals surface area (Å²) in [6.07, 6.45) is 1.54. The van der Waals surface area contributed by atoms with E-state index in [2.05, 4.69) is 31.8 Å². The third kappa shape index (κ3) is 6.50. The van der Waals surface area contributed by atoms with Gasteiger partial charge in [0.15, 0.2) is 23.2 Å². The van der Waals surface area contributed by atoms with E-state index in [0.717, 1.165) is 16.8 Å². The Labute approximate surface area is 177 Å². The number of hydrazone groups is 1. The Balaban J connectivity index is 2.11. The molecule has 2 rings (SSSR count). The van der Waals surface area contributed by atoms with Crippen molar-refractivity contribution in [3.05, 3.63) is 52.0 Å². The zero-order chi connectivity index (χ0) is 20.5. The molecule has 0 fully saturated rings. The van der Waals surface area contributed by atoms with Gasteiger partial charge in [-0.15, -0.1) is 0 Å². The number of benzene rings is 2. The lowest BCUT2D eigenvalue weighted by Crippen LogP contribution is -2.24. The average Bonchev–Trinajstić information content (AvgIpc) is 2.63. The summed E-state index contributed by atoms with van der Waals surface area (Å²) in [4.78, 5) is 12.2. The molecule has 0 aromatic heterocycles. The first-order valence-corrected chi connectivity index (χ1v) is 9.64. The molecule has 0 radical (unpaired) electrons. The van der Waals surface area contributed by atoms with Gasteiger partial charge in [0.2, 0.25) is 0 Å². The first-order valence-electron chi connectivity index (χ1n) is 8.43. The Morgan fingerprint density at radius 2 is 2.07 bits per heavy atom. The molecule has 0 atom stereocenters. The van der Waals surface area contributed by atoms with E-state index in [1.807, 2.05) is 38.1 Å². The van der Waals surface area contributed by atoms with Crippen molar-refractivity contribution in [1.82, 2.24) is 5.43 Å². The number of thiocarbonyl (C=S) groups is 1. The summed E-state index contributed by atoms with van der Waals surface area (Å²) in [6.45, 7) is 4.05. The van der Waals surface area contributed by atoms with Crippen LogP contribution in [0.5, 0.6) is 11.5 Å². The van der Waals surface area contributed by atoms with Crippen LogP contribution in [0.15, 0.2) is 46.0 Å². The van der Waals surface area contributed by atoms with Crippen LogP contribution in [0.3, 0.4) is 0 Å². The van der Waals surface area contributed by atoms with Gasteiger partial charge < -0.3 is 20.5 Å². The number of para-hydroxylation sites is 1. The molecule has 0 aliphatic heterocycles. The molecule has 9 heteroatoms. The molecule has 0 bridgehead atoms. The molecule has 0 heterocycles. The van der Waals surface area contributed by atoms with Crippen LogP contribution in [0.4, 0.5) is 5.69 Å².